The van der Waals surface area contributed by atoms with Gasteiger partial charge in [0.2, 0.25) is 0 Å². The van der Waals surface area contributed by atoms with Gasteiger partial charge in [0.05, 0.1) is 11.6 Å². The molecule has 0 radical (unpaired) electrons. The van der Waals surface area contributed by atoms with Gasteiger partial charge in [0.1, 0.15) is 10.6 Å². The molecule has 0 aromatic carbocycles. The lowest BCUT2D eigenvalue weighted by Crippen LogP contribution is -2.50. The standard InChI is InChI=1S/C14H21ClN2O2S/c1-4-17-14(3,13(18)19-5-2)8-10-20-12-11(15)7-6-9-16-12/h6-7,9,17H,4-5,8,10H2,1-3H3. The van der Waals surface area contributed by atoms with Crippen molar-refractivity contribution in [3.05, 3.63) is 23.4 Å². The van der Waals surface area contributed by atoms with Crippen molar-refractivity contribution in [3.8, 4) is 0 Å². The van der Waals surface area contributed by atoms with E-state index in [4.69, 9.17) is 16.3 Å². The van der Waals surface area contributed by atoms with Gasteiger partial charge >= 0.3 is 5.97 Å². The Morgan fingerprint density at radius 2 is 2.30 bits per heavy atom. The van der Waals surface area contributed by atoms with Crippen molar-refractivity contribution in [1.29, 1.82) is 0 Å². The fraction of sp³-hybridized carbons (Fsp3) is 0.571. The molecule has 0 spiro atoms. The van der Waals surface area contributed by atoms with Gasteiger partial charge in [-0.2, -0.15) is 0 Å². The van der Waals surface area contributed by atoms with E-state index in [0.717, 1.165) is 10.8 Å². The number of nitrogens with zero attached hydrogens (tertiary/aromatic N) is 1. The molecule has 1 N–H and O–H groups in total. The van der Waals surface area contributed by atoms with Gasteiger partial charge in [-0.05, 0) is 38.9 Å². The monoisotopic (exact) mass is 316 g/mol. The van der Waals surface area contributed by atoms with Crippen LogP contribution in [-0.2, 0) is 9.53 Å². The maximum atomic E-state index is 12.0. The van der Waals surface area contributed by atoms with Gasteiger partial charge < -0.3 is 10.1 Å². The predicted octanol–water partition coefficient (Wildman–Crippen LogP) is 3.15. The number of likely N-dealkylation sites (N-methyl/N-ethyl adjacent to an activating group) is 1. The van der Waals surface area contributed by atoms with Crippen molar-refractivity contribution in [2.24, 2.45) is 0 Å². The molecule has 0 aliphatic carbocycles. The van der Waals surface area contributed by atoms with Gasteiger partial charge in [-0.1, -0.05) is 18.5 Å². The van der Waals surface area contributed by atoms with E-state index in [1.165, 1.54) is 0 Å². The molecule has 0 bridgehead atoms. The van der Waals surface area contributed by atoms with Crippen molar-refractivity contribution in [2.75, 3.05) is 18.9 Å². The van der Waals surface area contributed by atoms with Crippen molar-refractivity contribution >= 4 is 29.3 Å². The van der Waals surface area contributed by atoms with Crippen molar-refractivity contribution in [2.45, 2.75) is 37.8 Å². The van der Waals surface area contributed by atoms with Gasteiger partial charge in [0.15, 0.2) is 0 Å². The van der Waals surface area contributed by atoms with Crippen molar-refractivity contribution < 1.29 is 9.53 Å². The third-order valence-electron chi connectivity index (χ3n) is 2.86. The number of pyridine rings is 1. The van der Waals surface area contributed by atoms with E-state index in [2.05, 4.69) is 10.3 Å². The first-order valence-electron chi connectivity index (χ1n) is 6.69. The Hall–Kier alpha value is -0.780. The second kappa shape index (κ2) is 8.49. The second-order valence-corrected chi connectivity index (χ2v) is 5.96. The number of hydrogen-bond acceptors (Lipinski definition) is 5. The number of ether oxygens (including phenoxy) is 1. The number of thioether (sulfide) groups is 1. The highest BCUT2D eigenvalue weighted by Crippen LogP contribution is 2.26. The Morgan fingerprint density at radius 1 is 1.55 bits per heavy atom. The van der Waals surface area contributed by atoms with Crippen molar-refractivity contribution in [1.82, 2.24) is 10.3 Å². The van der Waals surface area contributed by atoms with Gasteiger partial charge in [0, 0.05) is 11.9 Å². The van der Waals surface area contributed by atoms with Gasteiger partial charge in [-0.15, -0.1) is 11.8 Å². The van der Waals surface area contributed by atoms with Gasteiger partial charge in [0.25, 0.3) is 0 Å². The summed E-state index contributed by atoms with van der Waals surface area (Å²) in [7, 11) is 0. The number of esters is 1. The van der Waals surface area contributed by atoms with Crippen molar-refractivity contribution in [3.63, 3.8) is 0 Å². The summed E-state index contributed by atoms with van der Waals surface area (Å²) in [6.45, 7) is 6.76. The van der Waals surface area contributed by atoms with Crippen LogP contribution < -0.4 is 5.32 Å². The molecule has 0 saturated carbocycles. The summed E-state index contributed by atoms with van der Waals surface area (Å²) in [6, 6.07) is 3.61. The van der Waals surface area contributed by atoms with E-state index in [9.17, 15) is 4.79 Å². The number of nitrogens with one attached hydrogen (secondary N) is 1. The number of carbonyl (C=O) groups excluding carboxylic acids is 1. The van der Waals surface area contributed by atoms with Crippen LogP contribution in [0.3, 0.4) is 0 Å². The number of rotatable bonds is 8. The summed E-state index contributed by atoms with van der Waals surface area (Å²) in [5.74, 6) is 0.522. The summed E-state index contributed by atoms with van der Waals surface area (Å²) >= 11 is 7.60. The quantitative estimate of drug-likeness (QED) is 0.590. The van der Waals surface area contributed by atoms with Crippen LogP contribution in [0.1, 0.15) is 27.2 Å². The summed E-state index contributed by atoms with van der Waals surface area (Å²) in [5.41, 5.74) is -0.668. The lowest BCUT2D eigenvalue weighted by atomic mass is 9.99. The van der Waals surface area contributed by atoms with Crippen LogP contribution in [0.2, 0.25) is 5.02 Å². The third-order valence-corrected chi connectivity index (χ3v) is 4.28. The Morgan fingerprint density at radius 3 is 2.90 bits per heavy atom. The smallest absolute Gasteiger partial charge is 0.326 e. The SMILES string of the molecule is CCNC(C)(CCSc1ncccc1Cl)C(=O)OCC. The molecule has 0 aliphatic heterocycles. The molecular formula is C14H21ClN2O2S. The Labute approximate surface area is 129 Å². The summed E-state index contributed by atoms with van der Waals surface area (Å²) in [4.78, 5) is 16.2. The Bertz CT molecular complexity index is 445. The molecule has 1 aromatic heterocycles. The normalized spacial score (nSPS) is 13.8. The Balaban J connectivity index is 2.59. The molecule has 1 unspecified atom stereocenters. The molecule has 0 saturated heterocycles. The minimum Gasteiger partial charge on any atom is -0.465 e. The van der Waals surface area contributed by atoms with Crippen LogP contribution in [-0.4, -0.2) is 35.4 Å². The minimum atomic E-state index is -0.668. The molecule has 1 heterocycles. The highest BCUT2D eigenvalue weighted by atomic mass is 35.5. The zero-order chi connectivity index (χ0) is 15.0. The number of halogens is 1. The molecule has 0 amide bonds. The highest BCUT2D eigenvalue weighted by molar-refractivity contribution is 7.99. The first-order valence-corrected chi connectivity index (χ1v) is 8.05. The van der Waals surface area contributed by atoms with Crippen LogP contribution in [0.4, 0.5) is 0 Å². The summed E-state index contributed by atoms with van der Waals surface area (Å²) in [6.07, 6.45) is 2.36. The number of carbonyl (C=O) groups is 1. The third kappa shape index (κ3) is 4.96. The molecule has 6 heteroatoms. The molecule has 20 heavy (non-hydrogen) atoms. The maximum absolute atomic E-state index is 12.0. The molecule has 1 atom stereocenters. The molecule has 0 fully saturated rings. The molecule has 1 rings (SSSR count). The highest BCUT2D eigenvalue weighted by Gasteiger charge is 2.33. The molecule has 0 aliphatic rings. The van der Waals surface area contributed by atoms with E-state index < -0.39 is 5.54 Å². The van der Waals surface area contributed by atoms with Gasteiger partial charge in [-0.3, -0.25) is 4.79 Å². The number of hydrogen-bond donors (Lipinski definition) is 1. The minimum absolute atomic E-state index is 0.213. The molecular weight excluding hydrogens is 296 g/mol. The first kappa shape index (κ1) is 17.3. The zero-order valence-electron chi connectivity index (χ0n) is 12.1. The van der Waals surface area contributed by atoms with E-state index in [0.29, 0.717) is 24.6 Å². The van der Waals surface area contributed by atoms with E-state index >= 15 is 0 Å². The Kier molecular flexibility index (Phi) is 7.34. The zero-order valence-corrected chi connectivity index (χ0v) is 13.7. The molecule has 4 nitrogen and oxygen atoms in total. The summed E-state index contributed by atoms with van der Waals surface area (Å²) in [5, 5.41) is 4.63. The largest absolute Gasteiger partial charge is 0.465 e. The average molecular weight is 317 g/mol. The van der Waals surface area contributed by atoms with Crippen LogP contribution >= 0.6 is 23.4 Å². The first-order chi connectivity index (χ1) is 9.53. The average Bonchev–Trinajstić information content (AvgIpc) is 2.41. The predicted molar refractivity (Wildman–Crippen MR) is 83.3 cm³/mol. The lowest BCUT2D eigenvalue weighted by Gasteiger charge is -2.27. The van der Waals surface area contributed by atoms with E-state index in [1.54, 1.807) is 24.0 Å². The topological polar surface area (TPSA) is 51.2 Å². The van der Waals surface area contributed by atoms with Crippen LogP contribution in [0, 0.1) is 0 Å². The fourth-order valence-electron chi connectivity index (χ4n) is 1.77. The molecule has 1 aromatic rings. The lowest BCUT2D eigenvalue weighted by molar-refractivity contribution is -0.150. The fourth-order valence-corrected chi connectivity index (χ4v) is 3.10. The number of aromatic nitrogens is 1. The van der Waals surface area contributed by atoms with Crippen LogP contribution in [0.15, 0.2) is 23.4 Å². The van der Waals surface area contributed by atoms with Crippen LogP contribution in [0.25, 0.3) is 0 Å². The summed E-state index contributed by atoms with van der Waals surface area (Å²) < 4.78 is 5.13. The molecule has 112 valence electrons. The van der Waals surface area contributed by atoms with E-state index in [1.807, 2.05) is 26.8 Å². The van der Waals surface area contributed by atoms with Crippen LogP contribution in [0.5, 0.6) is 0 Å². The maximum Gasteiger partial charge on any atom is 0.326 e. The van der Waals surface area contributed by atoms with E-state index in [-0.39, 0.29) is 5.97 Å². The van der Waals surface area contributed by atoms with Gasteiger partial charge in [-0.25, -0.2) is 4.98 Å². The second-order valence-electron chi connectivity index (χ2n) is 4.47.